The Morgan fingerprint density at radius 3 is 2.25 bits per heavy atom. The highest BCUT2D eigenvalue weighted by atomic mass is 32.2. The molecule has 0 rings (SSSR count). The van der Waals surface area contributed by atoms with Gasteiger partial charge in [-0.15, -0.1) is 0 Å². The van der Waals surface area contributed by atoms with Crippen molar-refractivity contribution >= 4 is 10.0 Å². The molecule has 0 aromatic rings. The molecule has 0 saturated heterocycles. The maximum atomic E-state index is 11.3. The number of nitrogens with zero attached hydrogens (tertiary/aromatic N) is 1. The van der Waals surface area contributed by atoms with Crippen molar-refractivity contribution in [3.8, 4) is 0 Å². The van der Waals surface area contributed by atoms with Gasteiger partial charge in [0.2, 0.25) is 10.0 Å². The fourth-order valence-electron chi connectivity index (χ4n) is 0.870. The highest BCUT2D eigenvalue weighted by molar-refractivity contribution is 7.89. The molecule has 0 saturated carbocycles. The molecule has 0 aromatic carbocycles. The lowest BCUT2D eigenvalue weighted by Gasteiger charge is -2.18. The second kappa shape index (κ2) is 5.50. The van der Waals surface area contributed by atoms with E-state index in [1.54, 1.807) is 14.0 Å². The van der Waals surface area contributed by atoms with Gasteiger partial charge < -0.3 is 4.74 Å². The van der Waals surface area contributed by atoms with Crippen LogP contribution in [-0.4, -0.2) is 45.3 Å². The smallest absolute Gasteiger partial charge is 0.213 e. The number of hydrogen-bond donors (Lipinski definition) is 0. The Labute approximate surface area is 74.6 Å². The number of methoxy groups -OCH3 is 1. The van der Waals surface area contributed by atoms with E-state index in [1.807, 2.05) is 6.92 Å². The lowest BCUT2D eigenvalue weighted by Crippen LogP contribution is -2.34. The maximum Gasteiger partial charge on any atom is 0.213 e. The summed E-state index contributed by atoms with van der Waals surface area (Å²) in [6.45, 7) is 4.88. The molecule has 0 aliphatic rings. The SMILES string of the molecule is CCN(CCOC)S(=O)(=O)CC. The third-order valence-corrected chi connectivity index (χ3v) is 3.61. The van der Waals surface area contributed by atoms with Gasteiger partial charge in [0.05, 0.1) is 12.4 Å². The number of rotatable bonds is 6. The zero-order valence-electron chi connectivity index (χ0n) is 7.91. The molecule has 0 N–H and O–H groups in total. The van der Waals surface area contributed by atoms with Gasteiger partial charge in [0.1, 0.15) is 0 Å². The zero-order valence-corrected chi connectivity index (χ0v) is 8.73. The van der Waals surface area contributed by atoms with Gasteiger partial charge in [0.25, 0.3) is 0 Å². The highest BCUT2D eigenvalue weighted by Crippen LogP contribution is 1.99. The van der Waals surface area contributed by atoms with Crippen molar-refractivity contribution in [1.29, 1.82) is 0 Å². The first kappa shape index (κ1) is 11.9. The summed E-state index contributed by atoms with van der Waals surface area (Å²) < 4.78 is 28.8. The topological polar surface area (TPSA) is 46.6 Å². The van der Waals surface area contributed by atoms with Crippen molar-refractivity contribution in [2.75, 3.05) is 32.6 Å². The minimum atomic E-state index is -3.03. The molecule has 0 spiro atoms. The molecular weight excluding hydrogens is 178 g/mol. The predicted molar refractivity (Wildman–Crippen MR) is 48.6 cm³/mol. The second-order valence-corrected chi connectivity index (χ2v) is 4.64. The van der Waals surface area contributed by atoms with Crippen LogP contribution < -0.4 is 0 Å². The van der Waals surface area contributed by atoms with Crippen molar-refractivity contribution in [2.45, 2.75) is 13.8 Å². The van der Waals surface area contributed by atoms with Gasteiger partial charge in [-0.1, -0.05) is 6.92 Å². The lowest BCUT2D eigenvalue weighted by molar-refractivity contribution is 0.180. The van der Waals surface area contributed by atoms with Crippen LogP contribution in [0.4, 0.5) is 0 Å². The van der Waals surface area contributed by atoms with Crippen LogP contribution in [0.3, 0.4) is 0 Å². The van der Waals surface area contributed by atoms with E-state index in [0.717, 1.165) is 0 Å². The minimum Gasteiger partial charge on any atom is -0.383 e. The molecule has 74 valence electrons. The number of likely N-dealkylation sites (N-methyl/N-ethyl adjacent to an activating group) is 1. The Hall–Kier alpha value is -0.130. The van der Waals surface area contributed by atoms with Gasteiger partial charge in [-0.3, -0.25) is 0 Å². The maximum absolute atomic E-state index is 11.3. The number of ether oxygens (including phenoxy) is 1. The van der Waals surface area contributed by atoms with E-state index in [0.29, 0.717) is 19.7 Å². The highest BCUT2D eigenvalue weighted by Gasteiger charge is 2.16. The van der Waals surface area contributed by atoms with Crippen LogP contribution in [0.1, 0.15) is 13.8 Å². The van der Waals surface area contributed by atoms with Crippen LogP contribution in [-0.2, 0) is 14.8 Å². The molecule has 12 heavy (non-hydrogen) atoms. The lowest BCUT2D eigenvalue weighted by atomic mass is 10.6. The molecule has 0 aliphatic carbocycles. The summed E-state index contributed by atoms with van der Waals surface area (Å²) in [5.74, 6) is 0.157. The molecule has 4 nitrogen and oxygen atoms in total. The van der Waals surface area contributed by atoms with Gasteiger partial charge in [-0.25, -0.2) is 8.42 Å². The third kappa shape index (κ3) is 3.51. The number of hydrogen-bond acceptors (Lipinski definition) is 3. The van der Waals surface area contributed by atoms with Gasteiger partial charge in [-0.05, 0) is 6.92 Å². The zero-order chi connectivity index (χ0) is 9.61. The van der Waals surface area contributed by atoms with Crippen LogP contribution >= 0.6 is 0 Å². The van der Waals surface area contributed by atoms with Gasteiger partial charge >= 0.3 is 0 Å². The normalized spacial score (nSPS) is 12.3. The monoisotopic (exact) mass is 195 g/mol. The van der Waals surface area contributed by atoms with Crippen molar-refractivity contribution in [1.82, 2.24) is 4.31 Å². The molecule has 0 fully saturated rings. The summed E-state index contributed by atoms with van der Waals surface area (Å²) in [5, 5.41) is 0. The number of sulfonamides is 1. The summed E-state index contributed by atoms with van der Waals surface area (Å²) in [6, 6.07) is 0. The molecule has 0 bridgehead atoms. The molecule has 0 radical (unpaired) electrons. The Bertz CT molecular complexity index is 201. The van der Waals surface area contributed by atoms with Crippen LogP contribution in [0.15, 0.2) is 0 Å². The van der Waals surface area contributed by atoms with E-state index in [9.17, 15) is 8.42 Å². The fraction of sp³-hybridized carbons (Fsp3) is 1.00. The Kier molecular flexibility index (Phi) is 5.44. The Morgan fingerprint density at radius 2 is 1.92 bits per heavy atom. The molecule has 0 aromatic heterocycles. The van der Waals surface area contributed by atoms with E-state index in [1.165, 1.54) is 4.31 Å². The quantitative estimate of drug-likeness (QED) is 0.612. The Morgan fingerprint density at radius 1 is 1.33 bits per heavy atom. The van der Waals surface area contributed by atoms with E-state index in [4.69, 9.17) is 4.74 Å². The standard InChI is InChI=1S/C7H17NO3S/c1-4-8(6-7-11-3)12(9,10)5-2/h4-7H2,1-3H3. The van der Waals surface area contributed by atoms with Crippen LogP contribution in [0.25, 0.3) is 0 Å². The van der Waals surface area contributed by atoms with Crippen LogP contribution in [0, 0.1) is 0 Å². The predicted octanol–water partition coefficient (Wildman–Crippen LogP) is 0.304. The summed E-state index contributed by atoms with van der Waals surface area (Å²) in [4.78, 5) is 0. The first-order chi connectivity index (χ1) is 5.58. The summed E-state index contributed by atoms with van der Waals surface area (Å²) in [6.07, 6.45) is 0. The molecule has 5 heteroatoms. The second-order valence-electron chi connectivity index (χ2n) is 2.39. The van der Waals surface area contributed by atoms with Crippen LogP contribution in [0.2, 0.25) is 0 Å². The van der Waals surface area contributed by atoms with Crippen molar-refractivity contribution < 1.29 is 13.2 Å². The van der Waals surface area contributed by atoms with Crippen molar-refractivity contribution in [3.05, 3.63) is 0 Å². The summed E-state index contributed by atoms with van der Waals surface area (Å²) in [7, 11) is -1.47. The van der Waals surface area contributed by atoms with E-state index >= 15 is 0 Å². The summed E-state index contributed by atoms with van der Waals surface area (Å²) >= 11 is 0. The van der Waals surface area contributed by atoms with Gasteiger partial charge in [-0.2, -0.15) is 4.31 Å². The van der Waals surface area contributed by atoms with Crippen molar-refractivity contribution in [3.63, 3.8) is 0 Å². The Balaban J connectivity index is 4.15. The van der Waals surface area contributed by atoms with Crippen LogP contribution in [0.5, 0.6) is 0 Å². The molecule has 0 aliphatic heterocycles. The minimum absolute atomic E-state index is 0.157. The van der Waals surface area contributed by atoms with Gasteiger partial charge in [0, 0.05) is 20.2 Å². The van der Waals surface area contributed by atoms with Gasteiger partial charge in [0.15, 0.2) is 0 Å². The molecule has 0 atom stereocenters. The largest absolute Gasteiger partial charge is 0.383 e. The average molecular weight is 195 g/mol. The first-order valence-electron chi connectivity index (χ1n) is 4.05. The summed E-state index contributed by atoms with van der Waals surface area (Å²) in [5.41, 5.74) is 0. The molecular formula is C7H17NO3S. The van der Waals surface area contributed by atoms with E-state index in [-0.39, 0.29) is 5.75 Å². The molecule has 0 amide bonds. The third-order valence-electron chi connectivity index (χ3n) is 1.66. The molecule has 0 heterocycles. The fourth-order valence-corrected chi connectivity index (χ4v) is 1.98. The average Bonchev–Trinajstić information content (AvgIpc) is 2.05. The van der Waals surface area contributed by atoms with Crippen molar-refractivity contribution in [2.24, 2.45) is 0 Å². The van der Waals surface area contributed by atoms with E-state index in [2.05, 4.69) is 0 Å². The molecule has 0 unspecified atom stereocenters. The van der Waals surface area contributed by atoms with E-state index < -0.39 is 10.0 Å². The first-order valence-corrected chi connectivity index (χ1v) is 5.66.